The van der Waals surface area contributed by atoms with Crippen molar-refractivity contribution in [3.8, 4) is 5.75 Å². The van der Waals surface area contributed by atoms with Gasteiger partial charge in [-0.05, 0) is 12.5 Å². The van der Waals surface area contributed by atoms with Crippen molar-refractivity contribution in [2.45, 2.75) is 19.9 Å². The maximum atomic E-state index is 11.0. The van der Waals surface area contributed by atoms with Crippen LogP contribution in [0.4, 0.5) is 11.4 Å². The molecular formula is C13H17N5O3. The Hall–Kier alpha value is -2.64. The van der Waals surface area contributed by atoms with Gasteiger partial charge in [0.1, 0.15) is 6.33 Å². The van der Waals surface area contributed by atoms with E-state index in [0.717, 1.165) is 12.1 Å². The molecule has 0 unspecified atom stereocenters. The SMILES string of the molecule is CCCOc1cc(NCc2ncn(C)n2)ccc1[N+](=O)[O-]. The van der Waals surface area contributed by atoms with Gasteiger partial charge in [0.25, 0.3) is 0 Å². The fourth-order valence-corrected chi connectivity index (χ4v) is 1.75. The Bertz CT molecular complexity index is 626. The van der Waals surface area contributed by atoms with Crippen molar-refractivity contribution in [3.05, 3.63) is 40.5 Å². The second-order valence-electron chi connectivity index (χ2n) is 4.48. The molecule has 21 heavy (non-hydrogen) atoms. The summed E-state index contributed by atoms with van der Waals surface area (Å²) in [5.41, 5.74) is 0.684. The first-order valence-corrected chi connectivity index (χ1v) is 6.59. The molecule has 0 radical (unpaired) electrons. The first-order valence-electron chi connectivity index (χ1n) is 6.59. The standard InChI is InChI=1S/C13H17N5O3/c1-3-6-21-12-7-10(4-5-11(12)18(19)20)14-8-13-15-9-17(2)16-13/h4-5,7,9,14H,3,6,8H2,1-2H3. The normalized spacial score (nSPS) is 10.4. The molecule has 8 nitrogen and oxygen atoms in total. The lowest BCUT2D eigenvalue weighted by Gasteiger charge is -2.09. The predicted molar refractivity (Wildman–Crippen MR) is 77.2 cm³/mol. The van der Waals surface area contributed by atoms with Gasteiger partial charge < -0.3 is 10.1 Å². The summed E-state index contributed by atoms with van der Waals surface area (Å²) >= 11 is 0. The summed E-state index contributed by atoms with van der Waals surface area (Å²) in [6, 6.07) is 4.69. The number of aryl methyl sites for hydroxylation is 1. The molecule has 0 spiro atoms. The van der Waals surface area contributed by atoms with Gasteiger partial charge in [-0.25, -0.2) is 4.98 Å². The Balaban J connectivity index is 2.10. The third-order valence-corrected chi connectivity index (χ3v) is 2.72. The lowest BCUT2D eigenvalue weighted by Crippen LogP contribution is -2.04. The molecule has 112 valence electrons. The third kappa shape index (κ3) is 3.91. The van der Waals surface area contributed by atoms with E-state index in [1.165, 1.54) is 6.07 Å². The van der Waals surface area contributed by atoms with Crippen LogP contribution in [0.2, 0.25) is 0 Å². The van der Waals surface area contributed by atoms with E-state index in [1.807, 2.05) is 6.92 Å². The van der Waals surface area contributed by atoms with E-state index < -0.39 is 4.92 Å². The largest absolute Gasteiger partial charge is 0.487 e. The summed E-state index contributed by atoms with van der Waals surface area (Å²) in [5.74, 6) is 0.910. The first-order chi connectivity index (χ1) is 10.1. The van der Waals surface area contributed by atoms with E-state index in [1.54, 1.807) is 30.2 Å². The number of ether oxygens (including phenoxy) is 1. The van der Waals surface area contributed by atoms with Crippen LogP contribution in [-0.4, -0.2) is 26.3 Å². The fraction of sp³-hybridized carbons (Fsp3) is 0.385. The quantitative estimate of drug-likeness (QED) is 0.620. The molecule has 0 amide bonds. The predicted octanol–water partition coefficient (Wildman–Crippen LogP) is 2.12. The minimum absolute atomic E-state index is 0.0371. The molecule has 0 aliphatic heterocycles. The molecule has 0 bridgehead atoms. The van der Waals surface area contributed by atoms with E-state index >= 15 is 0 Å². The monoisotopic (exact) mass is 291 g/mol. The average Bonchev–Trinajstić information content (AvgIpc) is 2.88. The zero-order chi connectivity index (χ0) is 15.2. The molecule has 8 heteroatoms. The zero-order valence-corrected chi connectivity index (χ0v) is 11.9. The molecule has 1 aromatic heterocycles. The van der Waals surface area contributed by atoms with Crippen molar-refractivity contribution < 1.29 is 9.66 Å². The molecule has 0 aliphatic carbocycles. The summed E-state index contributed by atoms with van der Waals surface area (Å²) in [4.78, 5) is 14.6. The third-order valence-electron chi connectivity index (χ3n) is 2.72. The maximum Gasteiger partial charge on any atom is 0.311 e. The molecule has 0 aliphatic rings. The number of aromatic nitrogens is 3. The molecule has 1 aromatic carbocycles. The van der Waals surface area contributed by atoms with E-state index in [2.05, 4.69) is 15.4 Å². The molecule has 1 heterocycles. The molecular weight excluding hydrogens is 274 g/mol. The summed E-state index contributed by atoms with van der Waals surface area (Å²) in [6.07, 6.45) is 2.40. The van der Waals surface area contributed by atoms with Crippen molar-refractivity contribution in [2.75, 3.05) is 11.9 Å². The van der Waals surface area contributed by atoms with E-state index in [9.17, 15) is 10.1 Å². The first kappa shape index (κ1) is 14.8. The highest BCUT2D eigenvalue weighted by Crippen LogP contribution is 2.30. The minimum atomic E-state index is -0.449. The van der Waals surface area contributed by atoms with E-state index in [4.69, 9.17) is 4.74 Å². The van der Waals surface area contributed by atoms with Gasteiger partial charge in [-0.15, -0.1) is 0 Å². The van der Waals surface area contributed by atoms with Crippen LogP contribution >= 0.6 is 0 Å². The van der Waals surface area contributed by atoms with Crippen LogP contribution < -0.4 is 10.1 Å². The Morgan fingerprint density at radius 3 is 2.90 bits per heavy atom. The Morgan fingerprint density at radius 1 is 1.48 bits per heavy atom. The van der Waals surface area contributed by atoms with Crippen LogP contribution in [0, 0.1) is 10.1 Å². The Labute approximate surface area is 121 Å². The van der Waals surface area contributed by atoms with Gasteiger partial charge >= 0.3 is 5.69 Å². The van der Waals surface area contributed by atoms with E-state index in [-0.39, 0.29) is 11.4 Å². The molecule has 1 N–H and O–H groups in total. The molecule has 0 saturated heterocycles. The number of anilines is 1. The molecule has 0 saturated carbocycles. The zero-order valence-electron chi connectivity index (χ0n) is 11.9. The highest BCUT2D eigenvalue weighted by Gasteiger charge is 2.15. The lowest BCUT2D eigenvalue weighted by atomic mass is 10.2. The van der Waals surface area contributed by atoms with Crippen molar-refractivity contribution in [1.82, 2.24) is 14.8 Å². The summed E-state index contributed by atoms with van der Waals surface area (Å²) < 4.78 is 7.04. The number of hydrogen-bond donors (Lipinski definition) is 1. The van der Waals surface area contributed by atoms with Gasteiger partial charge in [0.05, 0.1) is 18.1 Å². The molecule has 0 fully saturated rings. The Kier molecular flexibility index (Phi) is 4.70. The topological polar surface area (TPSA) is 95.1 Å². The molecule has 0 atom stereocenters. The van der Waals surface area contributed by atoms with Crippen LogP contribution in [0.5, 0.6) is 5.75 Å². The van der Waals surface area contributed by atoms with Gasteiger partial charge in [0, 0.05) is 24.9 Å². The van der Waals surface area contributed by atoms with Crippen LogP contribution in [0.25, 0.3) is 0 Å². The number of benzene rings is 1. The van der Waals surface area contributed by atoms with Gasteiger partial charge in [0.2, 0.25) is 0 Å². The van der Waals surface area contributed by atoms with Crippen LogP contribution in [0.1, 0.15) is 19.2 Å². The highest BCUT2D eigenvalue weighted by molar-refractivity contribution is 5.58. The highest BCUT2D eigenvalue weighted by atomic mass is 16.6. The van der Waals surface area contributed by atoms with Gasteiger partial charge in [0.15, 0.2) is 11.6 Å². The smallest absolute Gasteiger partial charge is 0.311 e. The van der Waals surface area contributed by atoms with Gasteiger partial charge in [-0.3, -0.25) is 14.8 Å². The van der Waals surface area contributed by atoms with Gasteiger partial charge in [-0.2, -0.15) is 5.10 Å². The second kappa shape index (κ2) is 6.69. The number of nitrogens with one attached hydrogen (secondary N) is 1. The number of rotatable bonds is 7. The summed E-state index contributed by atoms with van der Waals surface area (Å²) in [5, 5.41) is 18.2. The van der Waals surface area contributed by atoms with Crippen LogP contribution in [0.3, 0.4) is 0 Å². The molecule has 2 aromatic rings. The lowest BCUT2D eigenvalue weighted by molar-refractivity contribution is -0.385. The number of hydrogen-bond acceptors (Lipinski definition) is 6. The van der Waals surface area contributed by atoms with Crippen molar-refractivity contribution >= 4 is 11.4 Å². The number of nitrogens with zero attached hydrogens (tertiary/aromatic N) is 4. The summed E-state index contributed by atoms with van der Waals surface area (Å²) in [7, 11) is 1.79. The van der Waals surface area contributed by atoms with Crippen molar-refractivity contribution in [1.29, 1.82) is 0 Å². The maximum absolute atomic E-state index is 11.0. The summed E-state index contributed by atoms with van der Waals surface area (Å²) in [6.45, 7) is 2.82. The number of nitro groups is 1. The van der Waals surface area contributed by atoms with E-state index in [0.29, 0.717) is 19.0 Å². The van der Waals surface area contributed by atoms with Crippen molar-refractivity contribution in [2.24, 2.45) is 7.05 Å². The van der Waals surface area contributed by atoms with Gasteiger partial charge in [-0.1, -0.05) is 6.92 Å². The minimum Gasteiger partial charge on any atom is -0.487 e. The Morgan fingerprint density at radius 2 is 2.29 bits per heavy atom. The van der Waals surface area contributed by atoms with Crippen LogP contribution in [0.15, 0.2) is 24.5 Å². The second-order valence-corrected chi connectivity index (χ2v) is 4.48. The van der Waals surface area contributed by atoms with Crippen molar-refractivity contribution in [3.63, 3.8) is 0 Å². The average molecular weight is 291 g/mol. The fourth-order valence-electron chi connectivity index (χ4n) is 1.75. The number of nitro benzene ring substituents is 1. The van der Waals surface area contributed by atoms with Crippen LogP contribution in [-0.2, 0) is 13.6 Å². The molecule has 2 rings (SSSR count).